The van der Waals surface area contributed by atoms with Gasteiger partial charge < -0.3 is 10.6 Å². The van der Waals surface area contributed by atoms with Gasteiger partial charge in [0.05, 0.1) is 12.2 Å². The fourth-order valence-electron chi connectivity index (χ4n) is 1.45. The molecule has 2 N–H and O–H groups in total. The summed E-state index contributed by atoms with van der Waals surface area (Å²) < 4.78 is 0.804. The molecule has 2 aromatic heterocycles. The maximum atomic E-state index is 4.31. The van der Waals surface area contributed by atoms with E-state index in [9.17, 15) is 0 Å². The molecule has 0 aromatic carbocycles. The Balaban J connectivity index is 2.11. The molecule has 2 rings (SSSR count). The van der Waals surface area contributed by atoms with E-state index in [4.69, 9.17) is 0 Å². The Morgan fingerprint density at radius 3 is 2.72 bits per heavy atom. The van der Waals surface area contributed by atoms with Crippen LogP contribution in [0.5, 0.6) is 0 Å². The Labute approximate surface area is 113 Å². The number of anilines is 2. The van der Waals surface area contributed by atoms with Gasteiger partial charge in [-0.05, 0) is 28.9 Å². The van der Waals surface area contributed by atoms with Crippen molar-refractivity contribution in [3.05, 3.63) is 34.6 Å². The Hall–Kier alpha value is -1.76. The van der Waals surface area contributed by atoms with Crippen LogP contribution < -0.4 is 10.6 Å². The first-order valence-corrected chi connectivity index (χ1v) is 6.20. The summed E-state index contributed by atoms with van der Waals surface area (Å²) in [5, 5.41) is 6.18. The van der Waals surface area contributed by atoms with Gasteiger partial charge in [0.2, 0.25) is 0 Å². The van der Waals surface area contributed by atoms with Crippen LogP contribution in [-0.4, -0.2) is 27.0 Å². The van der Waals surface area contributed by atoms with Crippen LogP contribution in [0, 0.1) is 6.92 Å². The van der Waals surface area contributed by atoms with Crippen LogP contribution in [0.25, 0.3) is 0 Å². The highest BCUT2D eigenvalue weighted by Crippen LogP contribution is 2.26. The molecule has 0 fully saturated rings. The molecule has 0 aliphatic rings. The van der Waals surface area contributed by atoms with Crippen LogP contribution in [0.4, 0.5) is 11.6 Å². The molecule has 2 aromatic rings. The van der Waals surface area contributed by atoms with Crippen molar-refractivity contribution >= 4 is 27.6 Å². The zero-order valence-electron chi connectivity index (χ0n) is 10.1. The van der Waals surface area contributed by atoms with E-state index in [2.05, 4.69) is 46.5 Å². The van der Waals surface area contributed by atoms with E-state index in [0.717, 1.165) is 27.6 Å². The highest BCUT2D eigenvalue weighted by atomic mass is 79.9. The first kappa shape index (κ1) is 12.7. The summed E-state index contributed by atoms with van der Waals surface area (Å²) in [5.41, 5.74) is 0.916. The molecule has 0 bridgehead atoms. The van der Waals surface area contributed by atoms with Gasteiger partial charge in [-0.1, -0.05) is 0 Å². The second-order valence-corrected chi connectivity index (χ2v) is 4.38. The van der Waals surface area contributed by atoms with E-state index in [1.807, 2.05) is 20.0 Å². The summed E-state index contributed by atoms with van der Waals surface area (Å²) in [5.74, 6) is 2.23. The zero-order valence-corrected chi connectivity index (χ0v) is 11.7. The maximum absolute atomic E-state index is 4.31. The average molecular weight is 309 g/mol. The topological polar surface area (TPSA) is 75.6 Å². The third-order valence-electron chi connectivity index (χ3n) is 2.30. The average Bonchev–Trinajstić information content (AvgIpc) is 2.38. The quantitative estimate of drug-likeness (QED) is 0.899. The predicted molar refractivity (Wildman–Crippen MR) is 73.4 cm³/mol. The second-order valence-electron chi connectivity index (χ2n) is 3.58. The minimum atomic E-state index is 0.585. The standard InChI is InChI=1S/C11H13BrN6/c1-7-14-4-3-8(18-7)5-15-11-9(12)10(13-2)16-6-17-11/h3-4,6H,5H2,1-2H3,(H2,13,15,16,17). The first-order chi connectivity index (χ1) is 8.70. The summed E-state index contributed by atoms with van der Waals surface area (Å²) in [7, 11) is 1.81. The lowest BCUT2D eigenvalue weighted by Crippen LogP contribution is -2.06. The van der Waals surface area contributed by atoms with Crippen molar-refractivity contribution in [2.45, 2.75) is 13.5 Å². The van der Waals surface area contributed by atoms with E-state index < -0.39 is 0 Å². The summed E-state index contributed by atoms with van der Waals surface area (Å²) in [6.45, 7) is 2.45. The third kappa shape index (κ3) is 2.92. The van der Waals surface area contributed by atoms with E-state index in [1.54, 1.807) is 6.20 Å². The second kappa shape index (κ2) is 5.72. The molecule has 0 aliphatic carbocycles. The van der Waals surface area contributed by atoms with Crippen molar-refractivity contribution in [3.8, 4) is 0 Å². The molecule has 7 heteroatoms. The number of aryl methyl sites for hydroxylation is 1. The van der Waals surface area contributed by atoms with Crippen molar-refractivity contribution < 1.29 is 0 Å². The van der Waals surface area contributed by atoms with Crippen molar-refractivity contribution in [2.75, 3.05) is 17.7 Å². The molecule has 0 radical (unpaired) electrons. The minimum absolute atomic E-state index is 0.585. The van der Waals surface area contributed by atoms with Crippen LogP contribution in [-0.2, 0) is 6.54 Å². The third-order valence-corrected chi connectivity index (χ3v) is 3.05. The zero-order chi connectivity index (χ0) is 13.0. The lowest BCUT2D eigenvalue weighted by Gasteiger charge is -2.09. The molecule has 0 aliphatic heterocycles. The fourth-order valence-corrected chi connectivity index (χ4v) is 1.99. The highest BCUT2D eigenvalue weighted by Gasteiger charge is 2.07. The molecule has 0 unspecified atom stereocenters. The summed E-state index contributed by atoms with van der Waals surface area (Å²) >= 11 is 3.45. The Kier molecular flexibility index (Phi) is 4.03. The SMILES string of the molecule is CNc1ncnc(NCc2ccnc(C)n2)c1Br. The van der Waals surface area contributed by atoms with Gasteiger partial charge in [-0.25, -0.2) is 19.9 Å². The van der Waals surface area contributed by atoms with Crippen molar-refractivity contribution in [2.24, 2.45) is 0 Å². The molecule has 0 spiro atoms. The van der Waals surface area contributed by atoms with Gasteiger partial charge in [0.15, 0.2) is 0 Å². The molecule has 0 amide bonds. The molecule has 0 saturated heterocycles. The molecule has 0 atom stereocenters. The summed E-state index contributed by atoms with van der Waals surface area (Å²) in [4.78, 5) is 16.6. The van der Waals surface area contributed by atoms with Crippen molar-refractivity contribution in [1.29, 1.82) is 0 Å². The lowest BCUT2D eigenvalue weighted by atomic mass is 10.4. The van der Waals surface area contributed by atoms with Crippen LogP contribution in [0.15, 0.2) is 23.1 Å². The number of halogens is 1. The largest absolute Gasteiger partial charge is 0.372 e. The maximum Gasteiger partial charge on any atom is 0.146 e. The van der Waals surface area contributed by atoms with Crippen LogP contribution in [0.2, 0.25) is 0 Å². The fraction of sp³-hybridized carbons (Fsp3) is 0.273. The Bertz CT molecular complexity index is 545. The van der Waals surface area contributed by atoms with Crippen molar-refractivity contribution in [3.63, 3.8) is 0 Å². The summed E-state index contributed by atoms with van der Waals surface area (Å²) in [6.07, 6.45) is 3.25. The number of rotatable bonds is 4. The van der Waals surface area contributed by atoms with E-state index in [0.29, 0.717) is 6.54 Å². The number of aromatic nitrogens is 4. The molecular weight excluding hydrogens is 296 g/mol. The molecule has 0 saturated carbocycles. The van der Waals surface area contributed by atoms with Gasteiger partial charge in [-0.15, -0.1) is 0 Å². The molecule has 6 nitrogen and oxygen atoms in total. The summed E-state index contributed by atoms with van der Waals surface area (Å²) in [6, 6.07) is 1.87. The Morgan fingerprint density at radius 2 is 2.00 bits per heavy atom. The van der Waals surface area contributed by atoms with E-state index in [1.165, 1.54) is 6.33 Å². The number of hydrogen-bond acceptors (Lipinski definition) is 6. The monoisotopic (exact) mass is 308 g/mol. The van der Waals surface area contributed by atoms with Gasteiger partial charge >= 0.3 is 0 Å². The highest BCUT2D eigenvalue weighted by molar-refractivity contribution is 9.10. The normalized spacial score (nSPS) is 10.2. The van der Waals surface area contributed by atoms with Gasteiger partial charge in [-0.3, -0.25) is 0 Å². The van der Waals surface area contributed by atoms with Gasteiger partial charge in [-0.2, -0.15) is 0 Å². The minimum Gasteiger partial charge on any atom is -0.372 e. The molecule has 2 heterocycles. The molecule has 94 valence electrons. The van der Waals surface area contributed by atoms with Gasteiger partial charge in [0.1, 0.15) is 28.3 Å². The number of nitrogens with one attached hydrogen (secondary N) is 2. The smallest absolute Gasteiger partial charge is 0.146 e. The Morgan fingerprint density at radius 1 is 1.22 bits per heavy atom. The van der Waals surface area contributed by atoms with Crippen LogP contribution in [0.1, 0.15) is 11.5 Å². The van der Waals surface area contributed by atoms with Gasteiger partial charge in [0.25, 0.3) is 0 Å². The van der Waals surface area contributed by atoms with Gasteiger partial charge in [0, 0.05) is 13.2 Å². The van der Waals surface area contributed by atoms with E-state index in [-0.39, 0.29) is 0 Å². The molecule has 18 heavy (non-hydrogen) atoms. The molecular formula is C11H13BrN6. The first-order valence-electron chi connectivity index (χ1n) is 5.41. The van der Waals surface area contributed by atoms with Crippen molar-refractivity contribution in [1.82, 2.24) is 19.9 Å². The van der Waals surface area contributed by atoms with E-state index >= 15 is 0 Å². The predicted octanol–water partition coefficient (Wildman–Crippen LogP) is 1.99. The number of hydrogen-bond donors (Lipinski definition) is 2. The number of nitrogens with zero attached hydrogens (tertiary/aromatic N) is 4. The lowest BCUT2D eigenvalue weighted by molar-refractivity contribution is 0.946. The van der Waals surface area contributed by atoms with Crippen LogP contribution >= 0.6 is 15.9 Å². The van der Waals surface area contributed by atoms with Crippen LogP contribution in [0.3, 0.4) is 0 Å².